The predicted octanol–water partition coefficient (Wildman–Crippen LogP) is 1.13. The van der Waals surface area contributed by atoms with Gasteiger partial charge in [0.15, 0.2) is 6.39 Å². The summed E-state index contributed by atoms with van der Waals surface area (Å²) in [6.45, 7) is 4.07. The molecule has 0 atom stereocenters. The lowest BCUT2D eigenvalue weighted by atomic mass is 10.0. The molecule has 56 valence electrons. The summed E-state index contributed by atoms with van der Waals surface area (Å²) in [4.78, 5) is 3.83. The monoisotopic (exact) mass is 140 g/mol. The summed E-state index contributed by atoms with van der Waals surface area (Å²) in [6, 6.07) is 0. The van der Waals surface area contributed by atoms with Crippen LogP contribution in [-0.2, 0) is 5.54 Å². The van der Waals surface area contributed by atoms with Crippen LogP contribution in [-0.4, -0.2) is 12.0 Å². The van der Waals surface area contributed by atoms with Gasteiger partial charge in [0, 0.05) is 0 Å². The Labute approximate surface area is 60.5 Å². The maximum atomic E-state index is 5.12. The molecule has 0 amide bonds. The van der Waals surface area contributed by atoms with Crippen LogP contribution in [0.1, 0.15) is 19.6 Å². The molecule has 0 bridgehead atoms. The van der Waals surface area contributed by atoms with Crippen molar-refractivity contribution < 1.29 is 4.42 Å². The van der Waals surface area contributed by atoms with Crippen molar-refractivity contribution in [2.24, 2.45) is 0 Å². The van der Waals surface area contributed by atoms with Crippen LogP contribution in [0.25, 0.3) is 0 Å². The van der Waals surface area contributed by atoms with E-state index in [9.17, 15) is 0 Å². The molecule has 3 nitrogen and oxygen atoms in total. The lowest BCUT2D eigenvalue weighted by Crippen LogP contribution is -2.32. The minimum Gasteiger partial charge on any atom is -0.447 e. The minimum atomic E-state index is -0.115. The first kappa shape index (κ1) is 7.28. The Kier molecular flexibility index (Phi) is 1.76. The second-order valence-corrected chi connectivity index (χ2v) is 2.74. The lowest BCUT2D eigenvalue weighted by molar-refractivity contribution is 0.341. The molecule has 3 heteroatoms. The summed E-state index contributed by atoms with van der Waals surface area (Å²) in [7, 11) is 1.89. The molecule has 1 aromatic rings. The van der Waals surface area contributed by atoms with E-state index in [1.165, 1.54) is 6.39 Å². The molecule has 0 radical (unpaired) electrons. The van der Waals surface area contributed by atoms with Gasteiger partial charge in [-0.2, -0.15) is 0 Å². The van der Waals surface area contributed by atoms with Crippen molar-refractivity contribution in [3.63, 3.8) is 0 Å². The van der Waals surface area contributed by atoms with E-state index < -0.39 is 0 Å². The van der Waals surface area contributed by atoms with Gasteiger partial charge >= 0.3 is 0 Å². The maximum absolute atomic E-state index is 5.12. The zero-order chi connectivity index (χ0) is 7.61. The SMILES string of the molecule is CNC(C)(C)c1cnco1. The fraction of sp³-hybridized carbons (Fsp3) is 0.571. The van der Waals surface area contributed by atoms with Gasteiger partial charge in [-0.1, -0.05) is 0 Å². The van der Waals surface area contributed by atoms with Crippen molar-refractivity contribution in [2.75, 3.05) is 7.05 Å². The van der Waals surface area contributed by atoms with Gasteiger partial charge in [0.1, 0.15) is 5.76 Å². The first-order chi connectivity index (χ1) is 4.67. The summed E-state index contributed by atoms with van der Waals surface area (Å²) in [6.07, 6.45) is 3.16. The standard InChI is InChI=1S/C7H12N2O/c1-7(2,8-3)6-4-9-5-10-6/h4-5,8H,1-3H3. The molecule has 1 N–H and O–H groups in total. The molecular weight excluding hydrogens is 128 g/mol. The molecule has 1 aromatic heterocycles. The second kappa shape index (κ2) is 2.42. The number of hydrogen-bond acceptors (Lipinski definition) is 3. The van der Waals surface area contributed by atoms with Gasteiger partial charge in [-0.25, -0.2) is 4.98 Å². The molecule has 0 spiro atoms. The second-order valence-electron chi connectivity index (χ2n) is 2.74. The maximum Gasteiger partial charge on any atom is 0.180 e. The number of hydrogen-bond donors (Lipinski definition) is 1. The third-order valence-electron chi connectivity index (χ3n) is 1.67. The molecule has 10 heavy (non-hydrogen) atoms. The van der Waals surface area contributed by atoms with Gasteiger partial charge in [0.05, 0.1) is 11.7 Å². The average Bonchev–Trinajstić information content (AvgIpc) is 2.38. The third kappa shape index (κ3) is 1.19. The fourth-order valence-corrected chi connectivity index (χ4v) is 0.648. The molecule has 0 unspecified atom stereocenters. The Bertz CT molecular complexity index is 191. The summed E-state index contributed by atoms with van der Waals surface area (Å²) >= 11 is 0. The predicted molar refractivity (Wildman–Crippen MR) is 38.6 cm³/mol. The van der Waals surface area contributed by atoms with E-state index in [0.717, 1.165) is 5.76 Å². The van der Waals surface area contributed by atoms with Gasteiger partial charge in [0.2, 0.25) is 0 Å². The first-order valence-electron chi connectivity index (χ1n) is 3.24. The van der Waals surface area contributed by atoms with Gasteiger partial charge in [-0.15, -0.1) is 0 Å². The van der Waals surface area contributed by atoms with Crippen molar-refractivity contribution in [1.29, 1.82) is 0 Å². The van der Waals surface area contributed by atoms with Crippen LogP contribution < -0.4 is 5.32 Å². The van der Waals surface area contributed by atoms with Crippen LogP contribution in [0.15, 0.2) is 17.0 Å². The van der Waals surface area contributed by atoms with E-state index in [-0.39, 0.29) is 5.54 Å². The Morgan fingerprint density at radius 1 is 1.60 bits per heavy atom. The molecule has 0 saturated heterocycles. The van der Waals surface area contributed by atoms with Gasteiger partial charge < -0.3 is 9.73 Å². The molecule has 0 aromatic carbocycles. The zero-order valence-electron chi connectivity index (χ0n) is 6.51. The van der Waals surface area contributed by atoms with Crippen LogP contribution in [0.2, 0.25) is 0 Å². The molecule has 0 aliphatic heterocycles. The van der Waals surface area contributed by atoms with Crippen molar-refractivity contribution in [3.05, 3.63) is 18.4 Å². The normalized spacial score (nSPS) is 11.9. The molecule has 1 rings (SSSR count). The minimum absolute atomic E-state index is 0.115. The summed E-state index contributed by atoms with van der Waals surface area (Å²) in [5.74, 6) is 0.856. The molecule has 0 saturated carbocycles. The highest BCUT2D eigenvalue weighted by Gasteiger charge is 2.20. The molecular formula is C7H12N2O. The van der Waals surface area contributed by atoms with Gasteiger partial charge in [-0.05, 0) is 20.9 Å². The third-order valence-corrected chi connectivity index (χ3v) is 1.67. The highest BCUT2D eigenvalue weighted by molar-refractivity contribution is 5.03. The first-order valence-corrected chi connectivity index (χ1v) is 3.24. The van der Waals surface area contributed by atoms with Crippen LogP contribution >= 0.6 is 0 Å². The number of aromatic nitrogens is 1. The average molecular weight is 140 g/mol. The number of oxazole rings is 1. The molecule has 0 aliphatic rings. The van der Waals surface area contributed by atoms with E-state index in [4.69, 9.17) is 4.42 Å². The van der Waals surface area contributed by atoms with Crippen molar-refractivity contribution in [2.45, 2.75) is 19.4 Å². The van der Waals surface area contributed by atoms with Gasteiger partial charge in [0.25, 0.3) is 0 Å². The van der Waals surface area contributed by atoms with E-state index in [0.29, 0.717) is 0 Å². The Balaban J connectivity index is 2.85. The van der Waals surface area contributed by atoms with Crippen LogP contribution in [0, 0.1) is 0 Å². The highest BCUT2D eigenvalue weighted by Crippen LogP contribution is 2.17. The lowest BCUT2D eigenvalue weighted by Gasteiger charge is -2.19. The molecule has 0 fully saturated rings. The quantitative estimate of drug-likeness (QED) is 0.669. The summed E-state index contributed by atoms with van der Waals surface area (Å²) in [5.41, 5.74) is -0.115. The molecule has 1 heterocycles. The van der Waals surface area contributed by atoms with Gasteiger partial charge in [-0.3, -0.25) is 0 Å². The van der Waals surface area contributed by atoms with Crippen LogP contribution in [0.4, 0.5) is 0 Å². The van der Waals surface area contributed by atoms with Crippen LogP contribution in [0.3, 0.4) is 0 Å². The Morgan fingerprint density at radius 3 is 2.70 bits per heavy atom. The van der Waals surface area contributed by atoms with Crippen molar-refractivity contribution in [1.82, 2.24) is 10.3 Å². The molecule has 0 aliphatic carbocycles. The van der Waals surface area contributed by atoms with E-state index >= 15 is 0 Å². The Hall–Kier alpha value is -0.830. The topological polar surface area (TPSA) is 38.1 Å². The largest absolute Gasteiger partial charge is 0.447 e. The Morgan fingerprint density at radius 2 is 2.30 bits per heavy atom. The van der Waals surface area contributed by atoms with Crippen molar-refractivity contribution >= 4 is 0 Å². The summed E-state index contributed by atoms with van der Waals surface area (Å²) < 4.78 is 5.12. The highest BCUT2D eigenvalue weighted by atomic mass is 16.3. The van der Waals surface area contributed by atoms with E-state index in [1.54, 1.807) is 6.20 Å². The number of nitrogens with one attached hydrogen (secondary N) is 1. The smallest absolute Gasteiger partial charge is 0.180 e. The van der Waals surface area contributed by atoms with Crippen molar-refractivity contribution in [3.8, 4) is 0 Å². The fourth-order valence-electron chi connectivity index (χ4n) is 0.648. The van der Waals surface area contributed by atoms with Crippen LogP contribution in [0.5, 0.6) is 0 Å². The number of rotatable bonds is 2. The van der Waals surface area contributed by atoms with E-state index in [1.807, 2.05) is 20.9 Å². The summed E-state index contributed by atoms with van der Waals surface area (Å²) in [5, 5.41) is 3.11. The van der Waals surface area contributed by atoms with E-state index in [2.05, 4.69) is 10.3 Å². The number of nitrogens with zero attached hydrogens (tertiary/aromatic N) is 1. The zero-order valence-corrected chi connectivity index (χ0v) is 6.51.